The van der Waals surface area contributed by atoms with E-state index in [0.29, 0.717) is 49.0 Å². The first-order valence-electron chi connectivity index (χ1n) is 11.3. The second-order valence-electron chi connectivity index (χ2n) is 7.95. The molecular weight excluding hydrogens is 442 g/mol. The summed E-state index contributed by atoms with van der Waals surface area (Å²) in [6, 6.07) is 11.6. The van der Waals surface area contributed by atoms with Crippen LogP contribution >= 0.6 is 0 Å². The van der Waals surface area contributed by atoms with Crippen molar-refractivity contribution in [3.05, 3.63) is 48.0 Å². The molecule has 7 nitrogen and oxygen atoms in total. The van der Waals surface area contributed by atoms with Crippen LogP contribution in [-0.4, -0.2) is 59.4 Å². The van der Waals surface area contributed by atoms with Crippen LogP contribution in [0.15, 0.2) is 47.4 Å². The van der Waals surface area contributed by atoms with Gasteiger partial charge in [-0.2, -0.15) is 0 Å². The van der Waals surface area contributed by atoms with Gasteiger partial charge in [-0.3, -0.25) is 4.79 Å². The van der Waals surface area contributed by atoms with Crippen molar-refractivity contribution in [3.63, 3.8) is 0 Å². The Morgan fingerprint density at radius 3 is 2.39 bits per heavy atom. The van der Waals surface area contributed by atoms with Crippen LogP contribution in [0.25, 0.3) is 0 Å². The predicted octanol–water partition coefficient (Wildman–Crippen LogP) is 4.60. The van der Waals surface area contributed by atoms with E-state index >= 15 is 0 Å². The lowest BCUT2D eigenvalue weighted by atomic mass is 10.1. The minimum absolute atomic E-state index is 0.123. The van der Waals surface area contributed by atoms with Gasteiger partial charge in [-0.1, -0.05) is 32.3 Å². The zero-order valence-electron chi connectivity index (χ0n) is 20.0. The maximum Gasteiger partial charge on any atom is 0.253 e. The van der Waals surface area contributed by atoms with Crippen molar-refractivity contribution in [1.82, 2.24) is 4.90 Å². The average Bonchev–Trinajstić information content (AvgIpc) is 2.80. The summed E-state index contributed by atoms with van der Waals surface area (Å²) in [6.07, 6.45) is 6.25. The number of hydrogen-bond acceptors (Lipinski definition) is 6. The summed E-state index contributed by atoms with van der Waals surface area (Å²) in [6.45, 7) is 3.64. The molecule has 2 rings (SSSR count). The van der Waals surface area contributed by atoms with Crippen molar-refractivity contribution < 1.29 is 27.4 Å². The summed E-state index contributed by atoms with van der Waals surface area (Å²) in [4.78, 5) is 14.6. The lowest BCUT2D eigenvalue weighted by Gasteiger charge is -2.18. The first-order valence-corrected chi connectivity index (χ1v) is 13.1. The highest BCUT2D eigenvalue weighted by atomic mass is 32.2. The van der Waals surface area contributed by atoms with E-state index < -0.39 is 9.84 Å². The minimum Gasteiger partial charge on any atom is -0.493 e. The molecule has 1 amide bonds. The first kappa shape index (κ1) is 26.5. The summed E-state index contributed by atoms with van der Waals surface area (Å²) in [5.74, 6) is 1.54. The third kappa shape index (κ3) is 8.61. The fourth-order valence-electron chi connectivity index (χ4n) is 3.24. The van der Waals surface area contributed by atoms with Crippen molar-refractivity contribution in [2.45, 2.75) is 43.9 Å². The fraction of sp³-hybridized carbons (Fsp3) is 0.480. The lowest BCUT2D eigenvalue weighted by Crippen LogP contribution is -2.28. The van der Waals surface area contributed by atoms with Gasteiger partial charge in [-0.05, 0) is 49.2 Å². The van der Waals surface area contributed by atoms with Gasteiger partial charge in [0.25, 0.3) is 5.91 Å². The summed E-state index contributed by atoms with van der Waals surface area (Å²) < 4.78 is 40.2. The van der Waals surface area contributed by atoms with E-state index in [-0.39, 0.29) is 10.8 Å². The Morgan fingerprint density at radius 1 is 0.939 bits per heavy atom. The molecule has 2 aromatic carbocycles. The molecule has 0 N–H and O–H groups in total. The molecule has 8 heteroatoms. The SMILES string of the molecule is CCCCCCOc1ccc(C(=O)N(C)CCCOc2cccc(S(C)(=O)=O)c2)cc1OC. The number of carbonyl (C=O) groups is 1. The summed E-state index contributed by atoms with van der Waals surface area (Å²) in [5, 5.41) is 0. The normalized spacial score (nSPS) is 11.2. The molecule has 0 aromatic heterocycles. The van der Waals surface area contributed by atoms with Crippen molar-refractivity contribution in [1.29, 1.82) is 0 Å². The number of methoxy groups -OCH3 is 1. The quantitative estimate of drug-likeness (QED) is 0.370. The summed E-state index contributed by atoms with van der Waals surface area (Å²) in [7, 11) is 0.0147. The largest absolute Gasteiger partial charge is 0.493 e. The van der Waals surface area contributed by atoms with Crippen LogP contribution in [0.5, 0.6) is 17.2 Å². The Labute approximate surface area is 197 Å². The van der Waals surface area contributed by atoms with E-state index in [1.54, 1.807) is 49.4 Å². The number of sulfone groups is 1. The van der Waals surface area contributed by atoms with Crippen molar-refractivity contribution >= 4 is 15.7 Å². The fourth-order valence-corrected chi connectivity index (χ4v) is 3.90. The molecule has 0 heterocycles. The van der Waals surface area contributed by atoms with Gasteiger partial charge in [0.2, 0.25) is 0 Å². The predicted molar refractivity (Wildman–Crippen MR) is 129 cm³/mol. The number of rotatable bonds is 14. The van der Waals surface area contributed by atoms with E-state index in [4.69, 9.17) is 14.2 Å². The third-order valence-corrected chi connectivity index (χ3v) is 6.26. The van der Waals surface area contributed by atoms with Gasteiger partial charge >= 0.3 is 0 Å². The Balaban J connectivity index is 1.85. The topological polar surface area (TPSA) is 82.1 Å². The number of hydrogen-bond donors (Lipinski definition) is 0. The van der Waals surface area contributed by atoms with Crippen LogP contribution < -0.4 is 14.2 Å². The zero-order chi connectivity index (χ0) is 24.3. The third-order valence-electron chi connectivity index (χ3n) is 5.15. The maximum atomic E-state index is 12.8. The molecular formula is C25H35NO6S. The Morgan fingerprint density at radius 2 is 1.70 bits per heavy atom. The molecule has 0 saturated heterocycles. The highest BCUT2D eigenvalue weighted by molar-refractivity contribution is 7.90. The summed E-state index contributed by atoms with van der Waals surface area (Å²) in [5.41, 5.74) is 0.523. The van der Waals surface area contributed by atoms with Crippen LogP contribution in [-0.2, 0) is 9.84 Å². The molecule has 0 radical (unpaired) electrons. The number of unbranched alkanes of at least 4 members (excludes halogenated alkanes) is 3. The highest BCUT2D eigenvalue weighted by Crippen LogP contribution is 2.29. The number of ether oxygens (including phenoxy) is 3. The van der Waals surface area contributed by atoms with Crippen LogP contribution in [0, 0.1) is 0 Å². The van der Waals surface area contributed by atoms with Crippen molar-refractivity contribution in [2.75, 3.05) is 40.2 Å². The lowest BCUT2D eigenvalue weighted by molar-refractivity contribution is 0.0787. The number of carbonyl (C=O) groups excluding carboxylic acids is 1. The molecule has 33 heavy (non-hydrogen) atoms. The Hall–Kier alpha value is -2.74. The van der Waals surface area contributed by atoms with E-state index in [1.807, 2.05) is 0 Å². The molecule has 0 atom stereocenters. The van der Waals surface area contributed by atoms with Crippen LogP contribution in [0.1, 0.15) is 49.4 Å². The number of nitrogens with zero attached hydrogens (tertiary/aromatic N) is 1. The van der Waals surface area contributed by atoms with Gasteiger partial charge < -0.3 is 19.1 Å². The standard InChI is InChI=1S/C25H35NO6S/c1-5-6-7-8-16-32-23-14-13-20(18-24(23)30-3)25(27)26(2)15-10-17-31-21-11-9-12-22(19-21)33(4,28)29/h9,11-14,18-19H,5-8,10,15-17H2,1-4H3. The highest BCUT2D eigenvalue weighted by Gasteiger charge is 2.15. The van der Waals surface area contributed by atoms with Gasteiger partial charge in [-0.25, -0.2) is 8.42 Å². The molecule has 0 aliphatic carbocycles. The first-order chi connectivity index (χ1) is 15.8. The van der Waals surface area contributed by atoms with Crippen molar-refractivity contribution in [2.24, 2.45) is 0 Å². The molecule has 0 bridgehead atoms. The average molecular weight is 478 g/mol. The van der Waals surface area contributed by atoms with Crippen molar-refractivity contribution in [3.8, 4) is 17.2 Å². The Bertz CT molecular complexity index is 1010. The van der Waals surface area contributed by atoms with Crippen LogP contribution in [0.3, 0.4) is 0 Å². The van der Waals surface area contributed by atoms with Gasteiger partial charge in [0.15, 0.2) is 21.3 Å². The minimum atomic E-state index is -3.28. The van der Waals surface area contributed by atoms with E-state index in [2.05, 4.69) is 6.92 Å². The molecule has 0 unspecified atom stereocenters. The Kier molecular flexibility index (Phi) is 10.5. The second-order valence-corrected chi connectivity index (χ2v) is 9.97. The van der Waals surface area contributed by atoms with E-state index in [0.717, 1.165) is 19.1 Å². The smallest absolute Gasteiger partial charge is 0.253 e. The molecule has 0 fully saturated rings. The molecule has 2 aromatic rings. The molecule has 182 valence electrons. The van der Waals surface area contributed by atoms with Gasteiger partial charge in [0.1, 0.15) is 5.75 Å². The van der Waals surface area contributed by atoms with E-state index in [1.165, 1.54) is 25.0 Å². The molecule has 0 saturated carbocycles. The maximum absolute atomic E-state index is 12.8. The van der Waals surface area contributed by atoms with Gasteiger partial charge in [-0.15, -0.1) is 0 Å². The van der Waals surface area contributed by atoms with Gasteiger partial charge in [0.05, 0.1) is 25.2 Å². The molecule has 0 aliphatic heterocycles. The monoisotopic (exact) mass is 477 g/mol. The second kappa shape index (κ2) is 13.1. The number of benzene rings is 2. The molecule has 0 spiro atoms. The van der Waals surface area contributed by atoms with Crippen LogP contribution in [0.2, 0.25) is 0 Å². The van der Waals surface area contributed by atoms with Gasteiger partial charge in [0, 0.05) is 25.4 Å². The molecule has 0 aliphatic rings. The number of amides is 1. The van der Waals surface area contributed by atoms with Crippen LogP contribution in [0.4, 0.5) is 0 Å². The zero-order valence-corrected chi connectivity index (χ0v) is 20.8. The summed E-state index contributed by atoms with van der Waals surface area (Å²) >= 11 is 0. The van der Waals surface area contributed by atoms with E-state index in [9.17, 15) is 13.2 Å².